The highest BCUT2D eigenvalue weighted by Gasteiger charge is 2.07. The first-order valence-corrected chi connectivity index (χ1v) is 6.52. The predicted octanol–water partition coefficient (Wildman–Crippen LogP) is 1.71. The van der Waals surface area contributed by atoms with E-state index in [1.54, 1.807) is 25.3 Å². The molecule has 0 saturated carbocycles. The highest BCUT2D eigenvalue weighted by atomic mass is 16.5. The maximum Gasteiger partial charge on any atom is 0.251 e. The molecule has 0 bridgehead atoms. The summed E-state index contributed by atoms with van der Waals surface area (Å²) in [6, 6.07) is 9.13. The smallest absolute Gasteiger partial charge is 0.251 e. The van der Waals surface area contributed by atoms with Gasteiger partial charge in [-0.05, 0) is 31.2 Å². The number of nitrogens with zero attached hydrogens (tertiary/aromatic N) is 2. The second-order valence-corrected chi connectivity index (χ2v) is 4.64. The lowest BCUT2D eigenvalue weighted by molar-refractivity contribution is 0.0953. The Labute approximate surface area is 118 Å². The Hall–Kier alpha value is -2.30. The molecule has 0 radical (unpaired) electrons. The van der Waals surface area contributed by atoms with Crippen LogP contribution in [-0.2, 0) is 13.5 Å². The van der Waals surface area contributed by atoms with Crippen LogP contribution in [0, 0.1) is 6.92 Å². The molecule has 0 atom stereocenters. The third kappa shape index (κ3) is 3.38. The van der Waals surface area contributed by atoms with E-state index in [0.717, 1.165) is 17.8 Å². The van der Waals surface area contributed by atoms with E-state index in [9.17, 15) is 4.79 Å². The number of nitrogens with one attached hydrogen (secondary N) is 1. The Bertz CT molecular complexity index is 585. The number of rotatable bonds is 5. The molecular weight excluding hydrogens is 254 g/mol. The maximum absolute atomic E-state index is 12.0. The van der Waals surface area contributed by atoms with Gasteiger partial charge < -0.3 is 10.1 Å². The number of hydrogen-bond donors (Lipinski definition) is 1. The van der Waals surface area contributed by atoms with Crippen molar-refractivity contribution in [3.8, 4) is 5.75 Å². The van der Waals surface area contributed by atoms with Gasteiger partial charge >= 0.3 is 0 Å². The molecule has 0 aliphatic heterocycles. The number of ether oxygens (including phenoxy) is 1. The first-order chi connectivity index (χ1) is 9.60. The van der Waals surface area contributed by atoms with Crippen LogP contribution in [0.2, 0.25) is 0 Å². The molecule has 106 valence electrons. The molecule has 1 aromatic heterocycles. The summed E-state index contributed by atoms with van der Waals surface area (Å²) in [5.74, 6) is 0.578. The van der Waals surface area contributed by atoms with E-state index in [0.29, 0.717) is 17.9 Å². The highest BCUT2D eigenvalue weighted by molar-refractivity contribution is 5.94. The Morgan fingerprint density at radius 2 is 2.20 bits per heavy atom. The Balaban J connectivity index is 1.88. The lowest BCUT2D eigenvalue weighted by Gasteiger charge is -2.05. The molecular formula is C15H19N3O2. The normalized spacial score (nSPS) is 10.3. The lowest BCUT2D eigenvalue weighted by Crippen LogP contribution is -2.25. The first-order valence-electron chi connectivity index (χ1n) is 6.52. The van der Waals surface area contributed by atoms with Gasteiger partial charge in [0.05, 0.1) is 12.8 Å². The van der Waals surface area contributed by atoms with Gasteiger partial charge in [-0.15, -0.1) is 0 Å². The van der Waals surface area contributed by atoms with Gasteiger partial charge in [-0.3, -0.25) is 9.48 Å². The largest absolute Gasteiger partial charge is 0.497 e. The molecule has 1 N–H and O–H groups in total. The standard InChI is InChI=1S/C15H19N3O2/c1-11-9-13(17-18(11)2)7-8-16-15(19)12-5-4-6-14(10-12)20-3/h4-6,9-10H,7-8H2,1-3H3,(H,16,19). The number of carbonyl (C=O) groups excluding carboxylic acids is 1. The van der Waals surface area contributed by atoms with E-state index >= 15 is 0 Å². The Kier molecular flexibility index (Phi) is 4.40. The fourth-order valence-electron chi connectivity index (χ4n) is 1.93. The van der Waals surface area contributed by atoms with Gasteiger partial charge in [0.2, 0.25) is 0 Å². The number of carbonyl (C=O) groups is 1. The molecule has 0 aliphatic carbocycles. The molecule has 2 rings (SSSR count). The van der Waals surface area contributed by atoms with E-state index in [4.69, 9.17) is 4.74 Å². The van der Waals surface area contributed by atoms with Crippen LogP contribution in [0.4, 0.5) is 0 Å². The van der Waals surface area contributed by atoms with Crippen molar-refractivity contribution in [2.24, 2.45) is 7.05 Å². The van der Waals surface area contributed by atoms with Crippen molar-refractivity contribution in [3.63, 3.8) is 0 Å². The Morgan fingerprint density at radius 3 is 2.85 bits per heavy atom. The molecule has 1 aromatic carbocycles. The van der Waals surface area contributed by atoms with Crippen molar-refractivity contribution >= 4 is 5.91 Å². The maximum atomic E-state index is 12.0. The van der Waals surface area contributed by atoms with Crippen LogP contribution in [0.25, 0.3) is 0 Å². The fourth-order valence-corrected chi connectivity index (χ4v) is 1.93. The third-order valence-electron chi connectivity index (χ3n) is 3.16. The lowest BCUT2D eigenvalue weighted by atomic mass is 10.2. The summed E-state index contributed by atoms with van der Waals surface area (Å²) >= 11 is 0. The van der Waals surface area contributed by atoms with Crippen molar-refractivity contribution in [1.29, 1.82) is 0 Å². The van der Waals surface area contributed by atoms with Gasteiger partial charge in [-0.2, -0.15) is 5.10 Å². The molecule has 5 heteroatoms. The SMILES string of the molecule is COc1cccc(C(=O)NCCc2cc(C)n(C)n2)c1. The van der Waals surface area contributed by atoms with E-state index < -0.39 is 0 Å². The molecule has 20 heavy (non-hydrogen) atoms. The van der Waals surface area contributed by atoms with Crippen LogP contribution in [0.3, 0.4) is 0 Å². The van der Waals surface area contributed by atoms with Crippen molar-refractivity contribution < 1.29 is 9.53 Å². The zero-order valence-corrected chi connectivity index (χ0v) is 12.0. The van der Waals surface area contributed by atoms with E-state index in [2.05, 4.69) is 10.4 Å². The molecule has 1 heterocycles. The zero-order valence-electron chi connectivity index (χ0n) is 12.0. The topological polar surface area (TPSA) is 56.1 Å². The Morgan fingerprint density at radius 1 is 1.40 bits per heavy atom. The minimum atomic E-state index is -0.100. The summed E-state index contributed by atoms with van der Waals surface area (Å²) in [5.41, 5.74) is 2.69. The first kappa shape index (κ1) is 14.1. The second kappa shape index (κ2) is 6.23. The summed E-state index contributed by atoms with van der Waals surface area (Å²) in [5, 5.41) is 7.24. The van der Waals surface area contributed by atoms with Gasteiger partial charge in [0, 0.05) is 31.3 Å². The van der Waals surface area contributed by atoms with Crippen LogP contribution < -0.4 is 10.1 Å². The minimum Gasteiger partial charge on any atom is -0.497 e. The molecule has 2 aromatic rings. The summed E-state index contributed by atoms with van der Waals surface area (Å²) < 4.78 is 6.93. The van der Waals surface area contributed by atoms with E-state index in [1.165, 1.54) is 0 Å². The number of amides is 1. The predicted molar refractivity (Wildman–Crippen MR) is 77.0 cm³/mol. The molecule has 0 fully saturated rings. The second-order valence-electron chi connectivity index (χ2n) is 4.64. The monoisotopic (exact) mass is 273 g/mol. The fraction of sp³-hybridized carbons (Fsp3) is 0.333. The summed E-state index contributed by atoms with van der Waals surface area (Å²) in [6.07, 6.45) is 0.720. The quantitative estimate of drug-likeness (QED) is 0.902. The summed E-state index contributed by atoms with van der Waals surface area (Å²) in [6.45, 7) is 2.57. The van der Waals surface area contributed by atoms with Crippen LogP contribution in [0.1, 0.15) is 21.7 Å². The van der Waals surface area contributed by atoms with Crippen LogP contribution in [0.15, 0.2) is 30.3 Å². The van der Waals surface area contributed by atoms with Crippen molar-refractivity contribution in [3.05, 3.63) is 47.3 Å². The molecule has 0 aliphatic rings. The number of methoxy groups -OCH3 is 1. The number of aryl methyl sites for hydroxylation is 2. The van der Waals surface area contributed by atoms with Crippen molar-refractivity contribution in [1.82, 2.24) is 15.1 Å². The van der Waals surface area contributed by atoms with Gasteiger partial charge in [-0.1, -0.05) is 6.07 Å². The van der Waals surface area contributed by atoms with E-state index in [1.807, 2.05) is 30.8 Å². The van der Waals surface area contributed by atoms with Gasteiger partial charge in [-0.25, -0.2) is 0 Å². The minimum absolute atomic E-state index is 0.100. The number of benzene rings is 1. The van der Waals surface area contributed by atoms with Crippen molar-refractivity contribution in [2.45, 2.75) is 13.3 Å². The average Bonchev–Trinajstić information content (AvgIpc) is 2.77. The van der Waals surface area contributed by atoms with Gasteiger partial charge in [0.15, 0.2) is 0 Å². The number of hydrogen-bond acceptors (Lipinski definition) is 3. The van der Waals surface area contributed by atoms with E-state index in [-0.39, 0.29) is 5.91 Å². The van der Waals surface area contributed by atoms with Gasteiger partial charge in [0.1, 0.15) is 5.75 Å². The van der Waals surface area contributed by atoms with Gasteiger partial charge in [0.25, 0.3) is 5.91 Å². The average molecular weight is 273 g/mol. The molecule has 0 spiro atoms. The van der Waals surface area contributed by atoms with Crippen LogP contribution in [-0.4, -0.2) is 29.3 Å². The highest BCUT2D eigenvalue weighted by Crippen LogP contribution is 2.12. The summed E-state index contributed by atoms with van der Waals surface area (Å²) in [4.78, 5) is 12.0. The summed E-state index contributed by atoms with van der Waals surface area (Å²) in [7, 11) is 3.49. The molecule has 5 nitrogen and oxygen atoms in total. The third-order valence-corrected chi connectivity index (χ3v) is 3.16. The molecule has 1 amide bonds. The molecule has 0 unspecified atom stereocenters. The van der Waals surface area contributed by atoms with Crippen LogP contribution in [0.5, 0.6) is 5.75 Å². The van der Waals surface area contributed by atoms with Crippen LogP contribution >= 0.6 is 0 Å². The molecule has 0 saturated heterocycles. The van der Waals surface area contributed by atoms with Crippen molar-refractivity contribution in [2.75, 3.05) is 13.7 Å². The zero-order chi connectivity index (χ0) is 14.5. The number of aromatic nitrogens is 2.